The molecule has 0 atom stereocenters. The SMILES string of the molecule is Cc1nnc(NC(=O)N2CCC(N)CC2)s1. The molecule has 1 saturated heterocycles. The Labute approximate surface area is 97.8 Å². The van der Waals surface area contributed by atoms with Gasteiger partial charge in [0, 0.05) is 19.1 Å². The van der Waals surface area contributed by atoms with E-state index in [0.717, 1.165) is 17.8 Å². The van der Waals surface area contributed by atoms with Gasteiger partial charge >= 0.3 is 6.03 Å². The quantitative estimate of drug-likeness (QED) is 0.761. The van der Waals surface area contributed by atoms with Crippen molar-refractivity contribution in [1.82, 2.24) is 15.1 Å². The predicted octanol–water partition coefficient (Wildman–Crippen LogP) is 0.802. The van der Waals surface area contributed by atoms with Crippen molar-refractivity contribution in [3.8, 4) is 0 Å². The summed E-state index contributed by atoms with van der Waals surface area (Å²) in [5, 5.41) is 11.8. The normalized spacial score (nSPS) is 17.5. The maximum atomic E-state index is 11.8. The Morgan fingerprint density at radius 3 is 2.75 bits per heavy atom. The molecule has 1 aromatic heterocycles. The first-order valence-electron chi connectivity index (χ1n) is 5.27. The number of amides is 2. The summed E-state index contributed by atoms with van der Waals surface area (Å²) in [5.41, 5.74) is 5.77. The van der Waals surface area contributed by atoms with Crippen molar-refractivity contribution in [3.05, 3.63) is 5.01 Å². The zero-order chi connectivity index (χ0) is 11.5. The molecule has 0 aliphatic carbocycles. The van der Waals surface area contributed by atoms with Crippen LogP contribution in [0.3, 0.4) is 0 Å². The second-order valence-electron chi connectivity index (χ2n) is 3.88. The summed E-state index contributed by atoms with van der Waals surface area (Å²) in [6.45, 7) is 3.28. The summed E-state index contributed by atoms with van der Waals surface area (Å²) in [4.78, 5) is 13.6. The van der Waals surface area contributed by atoms with E-state index in [9.17, 15) is 4.79 Å². The van der Waals surface area contributed by atoms with Crippen LogP contribution in [0.5, 0.6) is 0 Å². The molecule has 0 aromatic carbocycles. The van der Waals surface area contributed by atoms with Crippen molar-refractivity contribution in [1.29, 1.82) is 0 Å². The van der Waals surface area contributed by atoms with E-state index in [2.05, 4.69) is 15.5 Å². The van der Waals surface area contributed by atoms with Crippen molar-refractivity contribution in [2.45, 2.75) is 25.8 Å². The van der Waals surface area contributed by atoms with Crippen molar-refractivity contribution in [3.63, 3.8) is 0 Å². The Hall–Kier alpha value is -1.21. The predicted molar refractivity (Wildman–Crippen MR) is 62.4 cm³/mol. The third kappa shape index (κ3) is 2.67. The standard InChI is InChI=1S/C9H15N5OS/c1-6-12-13-8(16-6)11-9(15)14-4-2-7(10)3-5-14/h7H,2-5,10H2,1H3,(H,11,13,15). The third-order valence-corrected chi connectivity index (χ3v) is 3.32. The van der Waals surface area contributed by atoms with Gasteiger partial charge in [-0.3, -0.25) is 5.32 Å². The lowest BCUT2D eigenvalue weighted by molar-refractivity contribution is 0.195. The molecule has 88 valence electrons. The smallest absolute Gasteiger partial charge is 0.323 e. The molecule has 7 heteroatoms. The molecule has 1 aliphatic heterocycles. The van der Waals surface area contributed by atoms with Crippen LogP contribution >= 0.6 is 11.3 Å². The number of rotatable bonds is 1. The number of nitrogens with one attached hydrogen (secondary N) is 1. The van der Waals surface area contributed by atoms with Crippen molar-refractivity contribution >= 4 is 22.5 Å². The first kappa shape index (κ1) is 11.3. The van der Waals surface area contributed by atoms with Crippen LogP contribution in [0.4, 0.5) is 9.93 Å². The number of nitrogens with zero attached hydrogens (tertiary/aromatic N) is 3. The number of hydrogen-bond donors (Lipinski definition) is 2. The van der Waals surface area contributed by atoms with Gasteiger partial charge in [-0.1, -0.05) is 11.3 Å². The van der Waals surface area contributed by atoms with E-state index in [1.54, 1.807) is 4.90 Å². The highest BCUT2D eigenvalue weighted by molar-refractivity contribution is 7.15. The first-order valence-corrected chi connectivity index (χ1v) is 6.08. The number of piperidine rings is 1. The fourth-order valence-corrected chi connectivity index (χ4v) is 2.20. The second kappa shape index (κ2) is 4.75. The Bertz CT molecular complexity index is 372. The third-order valence-electron chi connectivity index (χ3n) is 2.57. The molecule has 0 bridgehead atoms. The van der Waals surface area contributed by atoms with E-state index >= 15 is 0 Å². The van der Waals surface area contributed by atoms with Crippen LogP contribution in [-0.4, -0.2) is 40.3 Å². The molecule has 16 heavy (non-hydrogen) atoms. The molecular weight excluding hydrogens is 226 g/mol. The molecule has 0 unspecified atom stereocenters. The van der Waals surface area contributed by atoms with E-state index < -0.39 is 0 Å². The van der Waals surface area contributed by atoms with Crippen LogP contribution in [0.25, 0.3) is 0 Å². The van der Waals surface area contributed by atoms with Crippen LogP contribution in [-0.2, 0) is 0 Å². The van der Waals surface area contributed by atoms with Gasteiger partial charge in [0.1, 0.15) is 5.01 Å². The van der Waals surface area contributed by atoms with Gasteiger partial charge < -0.3 is 10.6 Å². The van der Waals surface area contributed by atoms with Crippen LogP contribution in [0.15, 0.2) is 0 Å². The summed E-state index contributed by atoms with van der Waals surface area (Å²) in [6, 6.07) is 0.121. The monoisotopic (exact) mass is 241 g/mol. The summed E-state index contributed by atoms with van der Waals surface area (Å²) in [5.74, 6) is 0. The summed E-state index contributed by atoms with van der Waals surface area (Å²) in [7, 11) is 0. The zero-order valence-corrected chi connectivity index (χ0v) is 9.96. The lowest BCUT2D eigenvalue weighted by Crippen LogP contribution is -2.44. The largest absolute Gasteiger partial charge is 0.328 e. The van der Waals surface area contributed by atoms with Gasteiger partial charge in [-0.2, -0.15) is 0 Å². The van der Waals surface area contributed by atoms with Crippen LogP contribution in [0, 0.1) is 6.92 Å². The number of carbonyl (C=O) groups is 1. The highest BCUT2D eigenvalue weighted by atomic mass is 32.1. The van der Waals surface area contributed by atoms with Crippen LogP contribution in [0.1, 0.15) is 17.8 Å². The Morgan fingerprint density at radius 1 is 1.50 bits per heavy atom. The van der Waals surface area contributed by atoms with E-state index in [4.69, 9.17) is 5.73 Å². The highest BCUT2D eigenvalue weighted by Crippen LogP contribution is 2.15. The molecule has 1 aromatic rings. The van der Waals surface area contributed by atoms with Crippen molar-refractivity contribution in [2.75, 3.05) is 18.4 Å². The molecule has 2 rings (SSSR count). The molecule has 1 aliphatic rings. The Kier molecular flexibility index (Phi) is 3.35. The minimum atomic E-state index is -0.108. The summed E-state index contributed by atoms with van der Waals surface area (Å²) >= 11 is 1.38. The van der Waals surface area contributed by atoms with Gasteiger partial charge in [0.05, 0.1) is 0 Å². The molecule has 0 saturated carbocycles. The molecular formula is C9H15N5OS. The Morgan fingerprint density at radius 2 is 2.19 bits per heavy atom. The van der Waals surface area contributed by atoms with E-state index in [1.165, 1.54) is 11.3 Å². The zero-order valence-electron chi connectivity index (χ0n) is 9.14. The van der Waals surface area contributed by atoms with Gasteiger partial charge in [0.2, 0.25) is 5.13 Å². The van der Waals surface area contributed by atoms with Gasteiger partial charge in [0.15, 0.2) is 0 Å². The fraction of sp³-hybridized carbons (Fsp3) is 0.667. The molecule has 0 spiro atoms. The number of likely N-dealkylation sites (tertiary alicyclic amines) is 1. The number of carbonyl (C=O) groups excluding carboxylic acids is 1. The molecule has 2 heterocycles. The van der Waals surface area contributed by atoms with Gasteiger partial charge in [0.25, 0.3) is 0 Å². The summed E-state index contributed by atoms with van der Waals surface area (Å²) in [6.07, 6.45) is 1.73. The van der Waals surface area contributed by atoms with Gasteiger partial charge in [-0.25, -0.2) is 4.79 Å². The van der Waals surface area contributed by atoms with E-state index in [-0.39, 0.29) is 12.1 Å². The molecule has 3 N–H and O–H groups in total. The average Bonchev–Trinajstić information content (AvgIpc) is 2.65. The molecule has 1 fully saturated rings. The minimum Gasteiger partial charge on any atom is -0.328 e. The highest BCUT2D eigenvalue weighted by Gasteiger charge is 2.21. The molecule has 2 amide bonds. The van der Waals surface area contributed by atoms with Crippen molar-refractivity contribution < 1.29 is 4.79 Å². The number of hydrogen-bond acceptors (Lipinski definition) is 5. The number of anilines is 1. The number of urea groups is 1. The Balaban J connectivity index is 1.88. The molecule has 0 radical (unpaired) electrons. The van der Waals surface area contributed by atoms with E-state index in [1.807, 2.05) is 6.92 Å². The van der Waals surface area contributed by atoms with Crippen LogP contribution in [0.2, 0.25) is 0 Å². The first-order chi connectivity index (χ1) is 7.65. The fourth-order valence-electron chi connectivity index (χ4n) is 1.62. The van der Waals surface area contributed by atoms with Crippen molar-refractivity contribution in [2.24, 2.45) is 5.73 Å². The number of nitrogens with two attached hydrogens (primary N) is 1. The molecule has 6 nitrogen and oxygen atoms in total. The minimum absolute atomic E-state index is 0.108. The van der Waals surface area contributed by atoms with Gasteiger partial charge in [-0.05, 0) is 19.8 Å². The van der Waals surface area contributed by atoms with E-state index in [0.29, 0.717) is 18.2 Å². The number of aryl methyl sites for hydroxylation is 1. The lowest BCUT2D eigenvalue weighted by Gasteiger charge is -2.29. The number of aromatic nitrogens is 2. The van der Waals surface area contributed by atoms with Crippen LogP contribution < -0.4 is 11.1 Å². The summed E-state index contributed by atoms with van der Waals surface area (Å²) < 4.78 is 0. The average molecular weight is 241 g/mol. The van der Waals surface area contributed by atoms with Gasteiger partial charge in [-0.15, -0.1) is 10.2 Å². The maximum absolute atomic E-state index is 11.8. The second-order valence-corrected chi connectivity index (χ2v) is 5.06. The maximum Gasteiger partial charge on any atom is 0.323 e. The lowest BCUT2D eigenvalue weighted by atomic mass is 10.1. The topological polar surface area (TPSA) is 84.1 Å².